The van der Waals surface area contributed by atoms with E-state index < -0.39 is 0 Å². The molecular formula is C27H29N3O2. The van der Waals surface area contributed by atoms with Crippen LogP contribution in [-0.4, -0.2) is 11.8 Å². The minimum Gasteiger partial charge on any atom is -0.342 e. The third-order valence-corrected chi connectivity index (χ3v) is 5.08. The highest BCUT2D eigenvalue weighted by molar-refractivity contribution is 6.05. The summed E-state index contributed by atoms with van der Waals surface area (Å²) in [5.74, 6) is -0.0738. The molecule has 0 fully saturated rings. The van der Waals surface area contributed by atoms with Gasteiger partial charge in [-0.25, -0.2) is 0 Å². The second-order valence-corrected chi connectivity index (χ2v) is 8.73. The number of benzene rings is 3. The third kappa shape index (κ3) is 5.85. The maximum atomic E-state index is 12.6. The average Bonchev–Trinajstić information content (AvgIpc) is 2.73. The monoisotopic (exact) mass is 427 g/mol. The molecule has 0 spiro atoms. The van der Waals surface area contributed by atoms with Gasteiger partial charge in [0, 0.05) is 22.5 Å². The Morgan fingerprint density at radius 3 is 2.03 bits per heavy atom. The number of anilines is 2. The number of rotatable bonds is 6. The Hall–Kier alpha value is -3.86. The lowest BCUT2D eigenvalue weighted by atomic mass is 9.87. The van der Waals surface area contributed by atoms with Gasteiger partial charge in [-0.05, 0) is 59.9 Å². The van der Waals surface area contributed by atoms with E-state index in [4.69, 9.17) is 0 Å². The van der Waals surface area contributed by atoms with Crippen LogP contribution in [0, 0.1) is 6.92 Å². The van der Waals surface area contributed by atoms with Crippen LogP contribution in [0.4, 0.5) is 11.4 Å². The van der Waals surface area contributed by atoms with Crippen molar-refractivity contribution in [3.05, 3.63) is 107 Å². The van der Waals surface area contributed by atoms with Crippen LogP contribution in [0.1, 0.15) is 52.6 Å². The van der Waals surface area contributed by atoms with Crippen molar-refractivity contribution >= 4 is 23.2 Å². The smallest absolute Gasteiger partial charge is 0.256 e. The molecule has 0 saturated carbocycles. The van der Waals surface area contributed by atoms with Gasteiger partial charge >= 0.3 is 0 Å². The molecule has 2 amide bonds. The first-order valence-electron chi connectivity index (χ1n) is 10.5. The Kier molecular flexibility index (Phi) is 6.79. The maximum Gasteiger partial charge on any atom is 0.256 e. The van der Waals surface area contributed by atoms with Gasteiger partial charge in [0.15, 0.2) is 0 Å². The van der Waals surface area contributed by atoms with Gasteiger partial charge in [-0.3, -0.25) is 9.59 Å². The Bertz CT molecular complexity index is 1140. The normalized spacial score (nSPS) is 10.9. The molecule has 0 unspecified atom stereocenters. The molecular weight excluding hydrogens is 398 g/mol. The summed E-state index contributed by atoms with van der Waals surface area (Å²) in [6.07, 6.45) is 0. The van der Waals surface area contributed by atoms with E-state index in [1.54, 1.807) is 18.2 Å². The van der Waals surface area contributed by atoms with Gasteiger partial charge in [0.25, 0.3) is 11.8 Å². The average molecular weight is 428 g/mol. The standard InChI is InChI=1S/C27H29N3O2/c1-18-9-6-7-12-24(18)26(32)30-23-11-8-10-22(17-23)28-19(2)29-25(31)20-13-15-21(16-14-20)27(3,4)5/h6-17,28H,2H2,1,3-5H3,(H,29,31)(H,30,32). The van der Waals surface area contributed by atoms with Gasteiger partial charge in [-0.2, -0.15) is 0 Å². The van der Waals surface area contributed by atoms with Crippen LogP contribution in [0.3, 0.4) is 0 Å². The molecule has 32 heavy (non-hydrogen) atoms. The number of nitrogens with one attached hydrogen (secondary N) is 3. The van der Waals surface area contributed by atoms with E-state index in [1.165, 1.54) is 0 Å². The predicted octanol–water partition coefficient (Wildman–Crippen LogP) is 5.86. The largest absolute Gasteiger partial charge is 0.342 e. The summed E-state index contributed by atoms with van der Waals surface area (Å²) in [6, 6.07) is 22.2. The third-order valence-electron chi connectivity index (χ3n) is 5.08. The van der Waals surface area contributed by atoms with Crippen LogP contribution < -0.4 is 16.0 Å². The van der Waals surface area contributed by atoms with Gasteiger partial charge in [-0.1, -0.05) is 63.7 Å². The van der Waals surface area contributed by atoms with Gasteiger partial charge in [0.05, 0.1) is 0 Å². The second kappa shape index (κ2) is 9.52. The molecule has 0 radical (unpaired) electrons. The molecule has 5 heteroatoms. The van der Waals surface area contributed by atoms with Gasteiger partial charge < -0.3 is 16.0 Å². The minimum absolute atomic E-state index is 0.0276. The first kappa shape index (κ1) is 22.8. The molecule has 3 aromatic rings. The first-order valence-corrected chi connectivity index (χ1v) is 10.5. The second-order valence-electron chi connectivity index (χ2n) is 8.73. The summed E-state index contributed by atoms with van der Waals surface area (Å²) >= 11 is 0. The Labute approximate surface area is 189 Å². The Morgan fingerprint density at radius 1 is 0.781 bits per heavy atom. The van der Waals surface area contributed by atoms with Crippen LogP contribution in [0.2, 0.25) is 0 Å². The van der Waals surface area contributed by atoms with Crippen LogP contribution in [0.15, 0.2) is 85.2 Å². The molecule has 0 aromatic heterocycles. The van der Waals surface area contributed by atoms with Crippen molar-refractivity contribution in [3.8, 4) is 0 Å². The molecule has 0 aliphatic heterocycles. The molecule has 0 bridgehead atoms. The molecule has 3 rings (SSSR count). The number of amides is 2. The molecule has 0 aliphatic carbocycles. The molecule has 164 valence electrons. The predicted molar refractivity (Wildman–Crippen MR) is 131 cm³/mol. The lowest BCUT2D eigenvalue weighted by Crippen LogP contribution is -2.26. The first-order chi connectivity index (χ1) is 15.1. The van der Waals surface area contributed by atoms with E-state index in [1.807, 2.05) is 61.5 Å². The Balaban J connectivity index is 1.61. The molecule has 3 N–H and O–H groups in total. The minimum atomic E-state index is -0.244. The van der Waals surface area contributed by atoms with E-state index in [0.717, 1.165) is 11.1 Å². The summed E-state index contributed by atoms with van der Waals surface area (Å²) < 4.78 is 0. The highest BCUT2D eigenvalue weighted by Gasteiger charge is 2.15. The Morgan fingerprint density at radius 2 is 1.41 bits per heavy atom. The fourth-order valence-electron chi connectivity index (χ4n) is 3.24. The summed E-state index contributed by atoms with van der Waals surface area (Å²) in [4.78, 5) is 25.1. The lowest BCUT2D eigenvalue weighted by Gasteiger charge is -2.19. The number of carbonyl (C=O) groups is 2. The van der Waals surface area contributed by atoms with Crippen LogP contribution in [-0.2, 0) is 5.41 Å². The van der Waals surface area contributed by atoms with Gasteiger partial charge in [-0.15, -0.1) is 0 Å². The molecule has 0 saturated heterocycles. The highest BCUT2D eigenvalue weighted by Crippen LogP contribution is 2.22. The topological polar surface area (TPSA) is 70.2 Å². The van der Waals surface area contributed by atoms with E-state index in [0.29, 0.717) is 28.3 Å². The molecule has 0 heterocycles. The van der Waals surface area contributed by atoms with Crippen LogP contribution in [0.5, 0.6) is 0 Å². The number of aryl methyl sites for hydroxylation is 1. The molecule has 0 atom stereocenters. The molecule has 3 aromatic carbocycles. The number of carbonyl (C=O) groups excluding carboxylic acids is 2. The van der Waals surface area contributed by atoms with Gasteiger partial charge in [0.1, 0.15) is 5.82 Å². The zero-order valence-corrected chi connectivity index (χ0v) is 19.0. The summed E-state index contributed by atoms with van der Waals surface area (Å²) in [5.41, 5.74) is 4.61. The quantitative estimate of drug-likeness (QED) is 0.462. The van der Waals surface area contributed by atoms with E-state index >= 15 is 0 Å². The zero-order valence-electron chi connectivity index (χ0n) is 19.0. The highest BCUT2D eigenvalue weighted by atomic mass is 16.2. The summed E-state index contributed by atoms with van der Waals surface area (Å²) in [5, 5.41) is 8.73. The lowest BCUT2D eigenvalue weighted by molar-refractivity contribution is 0.0965. The fourth-order valence-corrected chi connectivity index (χ4v) is 3.24. The van der Waals surface area contributed by atoms with E-state index in [9.17, 15) is 9.59 Å². The van der Waals surface area contributed by atoms with Crippen molar-refractivity contribution in [1.29, 1.82) is 0 Å². The van der Waals surface area contributed by atoms with Crippen LogP contribution >= 0.6 is 0 Å². The molecule has 5 nitrogen and oxygen atoms in total. The van der Waals surface area contributed by atoms with E-state index in [2.05, 4.69) is 43.3 Å². The summed E-state index contributed by atoms with van der Waals surface area (Å²) in [7, 11) is 0. The number of hydrogen-bond donors (Lipinski definition) is 3. The van der Waals surface area contributed by atoms with Crippen molar-refractivity contribution in [2.45, 2.75) is 33.1 Å². The SMILES string of the molecule is C=C(NC(=O)c1ccc(C(C)(C)C)cc1)Nc1cccc(NC(=O)c2ccccc2C)c1. The fraction of sp³-hybridized carbons (Fsp3) is 0.185. The maximum absolute atomic E-state index is 12.6. The van der Waals surface area contributed by atoms with Crippen molar-refractivity contribution in [3.63, 3.8) is 0 Å². The van der Waals surface area contributed by atoms with Crippen molar-refractivity contribution in [2.75, 3.05) is 10.6 Å². The van der Waals surface area contributed by atoms with Gasteiger partial charge in [0.2, 0.25) is 0 Å². The summed E-state index contributed by atoms with van der Waals surface area (Å²) in [6.45, 7) is 12.2. The number of hydrogen-bond acceptors (Lipinski definition) is 3. The van der Waals surface area contributed by atoms with Crippen molar-refractivity contribution in [1.82, 2.24) is 5.32 Å². The van der Waals surface area contributed by atoms with E-state index in [-0.39, 0.29) is 17.2 Å². The zero-order chi connectivity index (χ0) is 23.3. The van der Waals surface area contributed by atoms with Crippen LogP contribution in [0.25, 0.3) is 0 Å². The molecule has 0 aliphatic rings. The van der Waals surface area contributed by atoms with Crippen molar-refractivity contribution < 1.29 is 9.59 Å². The van der Waals surface area contributed by atoms with Crippen molar-refractivity contribution in [2.24, 2.45) is 0 Å².